The number of hydrogen-bond acceptors (Lipinski definition) is 12. The number of rotatable bonds is 2. The van der Waals surface area contributed by atoms with Crippen molar-refractivity contribution in [2.45, 2.75) is 6.04 Å². The Morgan fingerprint density at radius 1 is 0.968 bits per heavy atom. The number of aromatic nitrogens is 2. The van der Waals surface area contributed by atoms with Crippen LogP contribution in [0.25, 0.3) is 11.0 Å². The summed E-state index contributed by atoms with van der Waals surface area (Å²) in [4.78, 5) is 16.4. The maximum atomic E-state index is 9.34. The van der Waals surface area contributed by atoms with Crippen LogP contribution in [-0.2, 0) is 0 Å². The van der Waals surface area contributed by atoms with E-state index in [1.165, 1.54) is 0 Å². The Morgan fingerprint density at radius 3 is 2.13 bits per heavy atom. The van der Waals surface area contributed by atoms with Crippen molar-refractivity contribution < 1.29 is 0 Å². The SMILES string of the molecule is C=C(C#N)C(C#N)=Nc1c(N)c2c(c3nc(C#N)c(C#N)nc13)NC(C#N)C(C#N)=N2. The first-order chi connectivity index (χ1) is 14.9. The fourth-order valence-corrected chi connectivity index (χ4v) is 2.69. The minimum atomic E-state index is -1.12. The Hall–Kier alpha value is -5.82. The van der Waals surface area contributed by atoms with Crippen molar-refractivity contribution in [1.82, 2.24) is 9.97 Å². The van der Waals surface area contributed by atoms with E-state index in [0.717, 1.165) is 0 Å². The van der Waals surface area contributed by atoms with Crippen molar-refractivity contribution in [3.05, 3.63) is 23.5 Å². The molecule has 1 aliphatic rings. The van der Waals surface area contributed by atoms with Gasteiger partial charge in [-0.1, -0.05) is 6.58 Å². The van der Waals surface area contributed by atoms with Gasteiger partial charge >= 0.3 is 0 Å². The molecular formula is C19H6N12. The third-order valence-electron chi connectivity index (χ3n) is 4.10. The number of nitrogen functional groups attached to an aromatic ring is 1. The molecule has 2 aromatic rings. The molecule has 1 aromatic carbocycles. The molecule has 31 heavy (non-hydrogen) atoms. The summed E-state index contributed by atoms with van der Waals surface area (Å²) in [7, 11) is 0. The van der Waals surface area contributed by atoms with Gasteiger partial charge in [-0.15, -0.1) is 0 Å². The van der Waals surface area contributed by atoms with Gasteiger partial charge in [0.15, 0.2) is 28.9 Å². The van der Waals surface area contributed by atoms with Crippen molar-refractivity contribution in [2.75, 3.05) is 11.1 Å². The molecule has 0 saturated heterocycles. The topological polar surface area (TPSA) is 231 Å². The van der Waals surface area contributed by atoms with Crippen LogP contribution in [0.5, 0.6) is 0 Å². The van der Waals surface area contributed by atoms with E-state index in [0.29, 0.717) is 0 Å². The zero-order valence-corrected chi connectivity index (χ0v) is 15.3. The number of nitrogens with zero attached hydrogens (tertiary/aromatic N) is 10. The second-order valence-corrected chi connectivity index (χ2v) is 5.81. The summed E-state index contributed by atoms with van der Waals surface area (Å²) >= 11 is 0. The summed E-state index contributed by atoms with van der Waals surface area (Å²) in [5.74, 6) is 0. The standard InChI is InChI=1S/C19H6N12/c1-8(2-20)9(3-21)27-15-14(26)16-18(29-11(5-23)10(4-22)28-16)19-17(15)30-12(6-24)13(7-25)31-19/h11,29H,1,26H2. The molecule has 3 N–H and O–H groups in total. The molecule has 1 aromatic heterocycles. The van der Waals surface area contributed by atoms with Gasteiger partial charge in [0.1, 0.15) is 52.8 Å². The third-order valence-corrected chi connectivity index (χ3v) is 4.10. The normalized spacial score (nSPS) is 14.2. The molecule has 1 aliphatic heterocycles. The summed E-state index contributed by atoms with van der Waals surface area (Å²) < 4.78 is 0. The number of allylic oxidation sites excluding steroid dienone is 1. The van der Waals surface area contributed by atoms with Gasteiger partial charge in [-0.3, -0.25) is 0 Å². The summed E-state index contributed by atoms with van der Waals surface area (Å²) in [6.45, 7) is 3.44. The molecule has 0 aliphatic carbocycles. The number of benzene rings is 1. The largest absolute Gasteiger partial charge is 0.395 e. The number of aliphatic imine (C=N–C) groups is 2. The van der Waals surface area contributed by atoms with Crippen molar-refractivity contribution in [3.8, 4) is 36.4 Å². The zero-order valence-electron chi connectivity index (χ0n) is 15.3. The van der Waals surface area contributed by atoms with Crippen LogP contribution in [0.4, 0.5) is 22.7 Å². The van der Waals surface area contributed by atoms with Gasteiger partial charge in [0, 0.05) is 0 Å². The molecule has 12 nitrogen and oxygen atoms in total. The molecule has 1 unspecified atom stereocenters. The molecule has 3 rings (SSSR count). The zero-order chi connectivity index (χ0) is 22.7. The van der Waals surface area contributed by atoms with E-state index in [-0.39, 0.29) is 62.2 Å². The third kappa shape index (κ3) is 3.08. The van der Waals surface area contributed by atoms with Gasteiger partial charge in [-0.25, -0.2) is 20.0 Å². The van der Waals surface area contributed by atoms with Crippen LogP contribution in [0.2, 0.25) is 0 Å². The highest BCUT2D eigenvalue weighted by atomic mass is 15.1. The van der Waals surface area contributed by atoms with Crippen LogP contribution in [-0.4, -0.2) is 27.4 Å². The Balaban J connectivity index is 2.56. The summed E-state index contributed by atoms with van der Waals surface area (Å²) in [5, 5.41) is 58.4. The summed E-state index contributed by atoms with van der Waals surface area (Å²) in [6.07, 6.45) is 0. The molecule has 1 atom stereocenters. The predicted molar refractivity (Wildman–Crippen MR) is 107 cm³/mol. The molecule has 142 valence electrons. The lowest BCUT2D eigenvalue weighted by atomic mass is 10.0. The van der Waals surface area contributed by atoms with E-state index in [2.05, 4.69) is 31.8 Å². The monoisotopic (exact) mass is 402 g/mol. The molecule has 0 amide bonds. The Kier molecular flexibility index (Phi) is 4.93. The highest BCUT2D eigenvalue weighted by molar-refractivity contribution is 6.20. The van der Waals surface area contributed by atoms with Gasteiger partial charge in [-0.2, -0.15) is 31.6 Å². The van der Waals surface area contributed by atoms with E-state index in [4.69, 9.17) is 11.0 Å². The first-order valence-electron chi connectivity index (χ1n) is 8.14. The number of nitriles is 6. The van der Waals surface area contributed by atoms with Crippen molar-refractivity contribution in [3.63, 3.8) is 0 Å². The summed E-state index contributed by atoms with van der Waals surface area (Å²) in [6, 6.07) is 9.45. The predicted octanol–water partition coefficient (Wildman–Crippen LogP) is 1.54. The lowest BCUT2D eigenvalue weighted by molar-refractivity contribution is 1.13. The molecule has 0 radical (unpaired) electrons. The molecule has 0 fully saturated rings. The van der Waals surface area contributed by atoms with Crippen LogP contribution >= 0.6 is 0 Å². The number of nitrogens with one attached hydrogen (secondary N) is 1. The molecule has 0 spiro atoms. The molecule has 12 heteroatoms. The Labute approximate surface area is 174 Å². The van der Waals surface area contributed by atoms with Crippen LogP contribution in [0.15, 0.2) is 22.1 Å². The Bertz CT molecular complexity index is 1500. The van der Waals surface area contributed by atoms with E-state index in [1.807, 2.05) is 6.07 Å². The number of nitrogens with two attached hydrogens (primary N) is 1. The van der Waals surface area contributed by atoms with Crippen LogP contribution in [0.1, 0.15) is 11.4 Å². The van der Waals surface area contributed by atoms with Crippen molar-refractivity contribution in [2.24, 2.45) is 9.98 Å². The summed E-state index contributed by atoms with van der Waals surface area (Å²) in [5.41, 5.74) is 4.45. The highest BCUT2D eigenvalue weighted by Crippen LogP contribution is 2.47. The fraction of sp³-hybridized carbons (Fsp3) is 0.0526. The van der Waals surface area contributed by atoms with Crippen LogP contribution < -0.4 is 11.1 Å². The molecule has 0 bridgehead atoms. The lowest BCUT2D eigenvalue weighted by Gasteiger charge is -2.22. The van der Waals surface area contributed by atoms with Gasteiger partial charge < -0.3 is 11.1 Å². The first-order valence-corrected chi connectivity index (χ1v) is 8.14. The minimum Gasteiger partial charge on any atom is -0.395 e. The van der Waals surface area contributed by atoms with Gasteiger partial charge in [0.2, 0.25) is 0 Å². The van der Waals surface area contributed by atoms with Crippen LogP contribution in [0.3, 0.4) is 0 Å². The average molecular weight is 402 g/mol. The molecule has 0 saturated carbocycles. The van der Waals surface area contributed by atoms with E-state index >= 15 is 0 Å². The molecule has 2 heterocycles. The lowest BCUT2D eigenvalue weighted by Crippen LogP contribution is -2.30. The van der Waals surface area contributed by atoms with E-state index in [1.54, 1.807) is 30.3 Å². The quantitative estimate of drug-likeness (QED) is 0.417. The maximum Gasteiger partial charge on any atom is 0.177 e. The number of fused-ring (bicyclic) bond motifs is 3. The van der Waals surface area contributed by atoms with Gasteiger partial charge in [-0.05, 0) is 0 Å². The van der Waals surface area contributed by atoms with Gasteiger partial charge in [0.05, 0.1) is 23.0 Å². The second-order valence-electron chi connectivity index (χ2n) is 5.81. The first kappa shape index (κ1) is 19.9. The van der Waals surface area contributed by atoms with E-state index < -0.39 is 6.04 Å². The maximum absolute atomic E-state index is 9.34. The van der Waals surface area contributed by atoms with Crippen molar-refractivity contribution in [1.29, 1.82) is 31.6 Å². The minimum absolute atomic E-state index is 0.0145. The van der Waals surface area contributed by atoms with Crippen molar-refractivity contribution >= 4 is 45.2 Å². The van der Waals surface area contributed by atoms with Gasteiger partial charge in [0.25, 0.3) is 0 Å². The van der Waals surface area contributed by atoms with Crippen LogP contribution in [0, 0.1) is 68.0 Å². The molecular weight excluding hydrogens is 396 g/mol. The highest BCUT2D eigenvalue weighted by Gasteiger charge is 2.30. The fourth-order valence-electron chi connectivity index (χ4n) is 2.69. The number of hydrogen-bond donors (Lipinski definition) is 2. The Morgan fingerprint density at radius 2 is 1.61 bits per heavy atom. The number of anilines is 2. The van der Waals surface area contributed by atoms with E-state index in [9.17, 15) is 26.3 Å². The average Bonchev–Trinajstić information content (AvgIpc) is 2.81. The second kappa shape index (κ2) is 7.66. The smallest absolute Gasteiger partial charge is 0.177 e.